The highest BCUT2D eigenvalue weighted by atomic mass is 16.5. The van der Waals surface area contributed by atoms with Crippen molar-refractivity contribution < 1.29 is 4.74 Å². The zero-order valence-corrected chi connectivity index (χ0v) is 13.4. The number of hydrogen-bond donors (Lipinski definition) is 1. The summed E-state index contributed by atoms with van der Waals surface area (Å²) in [6.07, 6.45) is 0.206. The van der Waals surface area contributed by atoms with Crippen molar-refractivity contribution in [3.05, 3.63) is 65.2 Å². The number of benzene rings is 2. The quantitative estimate of drug-likeness (QED) is 0.844. The van der Waals surface area contributed by atoms with Gasteiger partial charge in [0.05, 0.1) is 12.1 Å². The van der Waals surface area contributed by atoms with Crippen molar-refractivity contribution in [3.63, 3.8) is 0 Å². The fourth-order valence-electron chi connectivity index (χ4n) is 2.40. The Morgan fingerprint density at radius 3 is 1.90 bits per heavy atom. The zero-order chi connectivity index (χ0) is 15.2. The Balaban J connectivity index is 2.23. The minimum Gasteiger partial charge on any atom is -0.491 e. The summed E-state index contributed by atoms with van der Waals surface area (Å²) in [5.74, 6) is 0.924. The van der Waals surface area contributed by atoms with Crippen molar-refractivity contribution in [1.82, 2.24) is 5.32 Å². The van der Waals surface area contributed by atoms with Crippen LogP contribution in [0.5, 0.6) is 5.75 Å². The van der Waals surface area contributed by atoms with Gasteiger partial charge in [0.15, 0.2) is 0 Å². The molecular formula is C19H25NO. The molecule has 2 aromatic rings. The smallest absolute Gasteiger partial charge is 0.119 e. The summed E-state index contributed by atoms with van der Waals surface area (Å²) in [5, 5.41) is 3.55. The lowest BCUT2D eigenvalue weighted by Crippen LogP contribution is -2.21. The maximum atomic E-state index is 5.71. The predicted octanol–water partition coefficient (Wildman–Crippen LogP) is 4.48. The van der Waals surface area contributed by atoms with E-state index in [0.717, 1.165) is 12.3 Å². The molecule has 0 spiro atoms. The molecule has 2 nitrogen and oxygen atoms in total. The van der Waals surface area contributed by atoms with Crippen molar-refractivity contribution in [2.24, 2.45) is 0 Å². The molecular weight excluding hydrogens is 258 g/mol. The van der Waals surface area contributed by atoms with Crippen molar-refractivity contribution >= 4 is 0 Å². The number of nitrogens with one attached hydrogen (secondary N) is 1. The SMILES string of the molecule is CCNC(c1ccc(C)cc1)c1ccc(OC(C)C)cc1. The van der Waals surface area contributed by atoms with E-state index in [1.807, 2.05) is 26.0 Å². The first-order valence-corrected chi connectivity index (χ1v) is 7.66. The second-order valence-electron chi connectivity index (χ2n) is 5.64. The Morgan fingerprint density at radius 2 is 1.43 bits per heavy atom. The normalized spacial score (nSPS) is 12.4. The van der Waals surface area contributed by atoms with Gasteiger partial charge in [-0.2, -0.15) is 0 Å². The van der Waals surface area contributed by atoms with Gasteiger partial charge < -0.3 is 10.1 Å². The van der Waals surface area contributed by atoms with Crippen LogP contribution in [0, 0.1) is 6.92 Å². The largest absolute Gasteiger partial charge is 0.491 e. The minimum absolute atomic E-state index is 0.206. The number of aryl methyl sites for hydroxylation is 1. The molecule has 0 bridgehead atoms. The summed E-state index contributed by atoms with van der Waals surface area (Å²) in [6, 6.07) is 17.3. The molecule has 0 aliphatic rings. The van der Waals surface area contributed by atoms with Gasteiger partial charge in [0.2, 0.25) is 0 Å². The van der Waals surface area contributed by atoms with E-state index in [-0.39, 0.29) is 12.1 Å². The Kier molecular flexibility index (Phi) is 5.40. The maximum Gasteiger partial charge on any atom is 0.119 e. The van der Waals surface area contributed by atoms with E-state index in [4.69, 9.17) is 4.74 Å². The molecule has 2 heteroatoms. The van der Waals surface area contributed by atoms with Crippen LogP contribution in [0.3, 0.4) is 0 Å². The van der Waals surface area contributed by atoms with Gasteiger partial charge in [0, 0.05) is 0 Å². The lowest BCUT2D eigenvalue weighted by atomic mass is 9.97. The van der Waals surface area contributed by atoms with E-state index in [0.29, 0.717) is 0 Å². The molecule has 0 radical (unpaired) electrons. The van der Waals surface area contributed by atoms with Gasteiger partial charge in [-0.25, -0.2) is 0 Å². The monoisotopic (exact) mass is 283 g/mol. The Labute approximate surface area is 128 Å². The summed E-state index contributed by atoms with van der Waals surface area (Å²) in [4.78, 5) is 0. The number of ether oxygens (including phenoxy) is 1. The van der Waals surface area contributed by atoms with Gasteiger partial charge in [-0.15, -0.1) is 0 Å². The van der Waals surface area contributed by atoms with E-state index in [2.05, 4.69) is 55.6 Å². The molecule has 1 unspecified atom stereocenters. The average Bonchev–Trinajstić information content (AvgIpc) is 2.46. The van der Waals surface area contributed by atoms with E-state index in [1.54, 1.807) is 0 Å². The Morgan fingerprint density at radius 1 is 0.905 bits per heavy atom. The molecule has 1 atom stereocenters. The van der Waals surface area contributed by atoms with Crippen LogP contribution in [0.2, 0.25) is 0 Å². The molecule has 112 valence electrons. The minimum atomic E-state index is 0.206. The summed E-state index contributed by atoms with van der Waals surface area (Å²) < 4.78 is 5.71. The summed E-state index contributed by atoms with van der Waals surface area (Å²) in [5.41, 5.74) is 3.84. The Bertz CT molecular complexity index is 543. The van der Waals surface area contributed by atoms with Gasteiger partial charge in [0.1, 0.15) is 5.75 Å². The molecule has 21 heavy (non-hydrogen) atoms. The maximum absolute atomic E-state index is 5.71. The first-order valence-electron chi connectivity index (χ1n) is 7.66. The number of rotatable bonds is 6. The van der Waals surface area contributed by atoms with Crippen molar-refractivity contribution in [2.75, 3.05) is 6.54 Å². The second kappa shape index (κ2) is 7.28. The first kappa shape index (κ1) is 15.6. The van der Waals surface area contributed by atoms with Crippen LogP contribution < -0.4 is 10.1 Å². The third kappa shape index (κ3) is 4.33. The van der Waals surface area contributed by atoms with E-state index in [1.165, 1.54) is 16.7 Å². The van der Waals surface area contributed by atoms with Crippen LogP contribution in [0.15, 0.2) is 48.5 Å². The molecule has 1 N–H and O–H groups in total. The molecule has 0 aliphatic carbocycles. The summed E-state index contributed by atoms with van der Waals surface area (Å²) in [7, 11) is 0. The zero-order valence-electron chi connectivity index (χ0n) is 13.4. The fourth-order valence-corrected chi connectivity index (χ4v) is 2.40. The van der Waals surface area contributed by atoms with Crippen LogP contribution in [0.4, 0.5) is 0 Å². The van der Waals surface area contributed by atoms with Crippen molar-refractivity contribution in [1.29, 1.82) is 0 Å². The molecule has 0 fully saturated rings. The first-order chi connectivity index (χ1) is 10.1. The van der Waals surface area contributed by atoms with Gasteiger partial charge in [-0.1, -0.05) is 48.9 Å². The van der Waals surface area contributed by atoms with E-state index >= 15 is 0 Å². The molecule has 0 saturated heterocycles. The molecule has 0 amide bonds. The summed E-state index contributed by atoms with van der Waals surface area (Å²) >= 11 is 0. The lowest BCUT2D eigenvalue weighted by Gasteiger charge is -2.20. The third-order valence-corrected chi connectivity index (χ3v) is 3.40. The van der Waals surface area contributed by atoms with E-state index in [9.17, 15) is 0 Å². The van der Waals surface area contributed by atoms with Crippen molar-refractivity contribution in [2.45, 2.75) is 39.8 Å². The van der Waals surface area contributed by atoms with Crippen LogP contribution in [-0.4, -0.2) is 12.6 Å². The van der Waals surface area contributed by atoms with Crippen molar-refractivity contribution in [3.8, 4) is 5.75 Å². The topological polar surface area (TPSA) is 21.3 Å². The van der Waals surface area contributed by atoms with Gasteiger partial charge in [-0.05, 0) is 50.6 Å². The van der Waals surface area contributed by atoms with Crippen LogP contribution >= 0.6 is 0 Å². The molecule has 0 heterocycles. The average molecular weight is 283 g/mol. The lowest BCUT2D eigenvalue weighted by molar-refractivity contribution is 0.242. The summed E-state index contributed by atoms with van der Waals surface area (Å²) in [6.45, 7) is 9.27. The van der Waals surface area contributed by atoms with Gasteiger partial charge in [0.25, 0.3) is 0 Å². The van der Waals surface area contributed by atoms with Crippen LogP contribution in [0.25, 0.3) is 0 Å². The van der Waals surface area contributed by atoms with E-state index < -0.39 is 0 Å². The highest BCUT2D eigenvalue weighted by Gasteiger charge is 2.12. The van der Waals surface area contributed by atoms with Gasteiger partial charge >= 0.3 is 0 Å². The molecule has 0 aromatic heterocycles. The Hall–Kier alpha value is -1.80. The molecule has 0 aliphatic heterocycles. The highest BCUT2D eigenvalue weighted by Crippen LogP contribution is 2.24. The standard InChI is InChI=1S/C19H25NO/c1-5-20-19(16-8-6-15(4)7-9-16)17-10-12-18(13-11-17)21-14(2)3/h6-14,19-20H,5H2,1-4H3. The fraction of sp³-hybridized carbons (Fsp3) is 0.368. The predicted molar refractivity (Wildman–Crippen MR) is 88.9 cm³/mol. The van der Waals surface area contributed by atoms with Crippen LogP contribution in [0.1, 0.15) is 43.5 Å². The van der Waals surface area contributed by atoms with Gasteiger partial charge in [-0.3, -0.25) is 0 Å². The molecule has 2 aromatic carbocycles. The molecule has 2 rings (SSSR count). The van der Waals surface area contributed by atoms with Crippen LogP contribution in [-0.2, 0) is 0 Å². The highest BCUT2D eigenvalue weighted by molar-refractivity contribution is 5.36. The third-order valence-electron chi connectivity index (χ3n) is 3.40. The molecule has 0 saturated carbocycles. The number of hydrogen-bond acceptors (Lipinski definition) is 2. The second-order valence-corrected chi connectivity index (χ2v) is 5.64.